The summed E-state index contributed by atoms with van der Waals surface area (Å²) >= 11 is 0. The van der Waals surface area contributed by atoms with E-state index >= 15 is 0 Å². The van der Waals surface area contributed by atoms with Gasteiger partial charge in [-0.1, -0.05) is 12.1 Å². The SMILES string of the molecule is Cc1ccc2c(n1)N(C)CCN(S(=O)(=O)c1ccc(C)c(F)c1)C2. The van der Waals surface area contributed by atoms with E-state index in [0.29, 0.717) is 18.7 Å². The summed E-state index contributed by atoms with van der Waals surface area (Å²) in [6, 6.07) is 7.81. The molecule has 0 amide bonds. The highest BCUT2D eigenvalue weighted by Crippen LogP contribution is 2.27. The molecule has 2 aromatic rings. The van der Waals surface area contributed by atoms with Gasteiger partial charge in [-0.25, -0.2) is 17.8 Å². The molecule has 0 saturated heterocycles. The van der Waals surface area contributed by atoms with Crippen molar-refractivity contribution in [1.29, 1.82) is 0 Å². The first-order chi connectivity index (χ1) is 11.3. The van der Waals surface area contributed by atoms with Gasteiger partial charge in [-0.2, -0.15) is 4.31 Å². The number of anilines is 1. The van der Waals surface area contributed by atoms with Gasteiger partial charge in [-0.3, -0.25) is 0 Å². The van der Waals surface area contributed by atoms with Crippen LogP contribution in [-0.2, 0) is 16.6 Å². The fraction of sp³-hybridized carbons (Fsp3) is 0.353. The molecule has 0 N–H and O–H groups in total. The van der Waals surface area contributed by atoms with Gasteiger partial charge in [0.1, 0.15) is 11.6 Å². The Morgan fingerprint density at radius 1 is 1.12 bits per heavy atom. The molecule has 24 heavy (non-hydrogen) atoms. The standard InChI is InChI=1S/C17H20FN3O2S/c1-12-4-7-15(10-16(12)18)24(22,23)21-9-8-20(3)17-14(11-21)6-5-13(2)19-17/h4-7,10H,8-9,11H2,1-3H3. The van der Waals surface area contributed by atoms with Crippen molar-refractivity contribution in [3.8, 4) is 0 Å². The van der Waals surface area contributed by atoms with E-state index in [1.165, 1.54) is 16.4 Å². The molecule has 0 radical (unpaired) electrons. The number of sulfonamides is 1. The minimum atomic E-state index is -3.76. The number of benzene rings is 1. The molecule has 5 nitrogen and oxygen atoms in total. The monoisotopic (exact) mass is 349 g/mol. The summed E-state index contributed by atoms with van der Waals surface area (Å²) < 4.78 is 41.0. The van der Waals surface area contributed by atoms with Crippen LogP contribution in [0.2, 0.25) is 0 Å². The summed E-state index contributed by atoms with van der Waals surface area (Å²) in [4.78, 5) is 6.45. The van der Waals surface area contributed by atoms with Crippen LogP contribution in [0.1, 0.15) is 16.8 Å². The zero-order valence-electron chi connectivity index (χ0n) is 14.0. The third-order valence-corrected chi connectivity index (χ3v) is 6.11. The van der Waals surface area contributed by atoms with Crippen molar-refractivity contribution in [2.24, 2.45) is 0 Å². The molecule has 0 unspecified atom stereocenters. The molecule has 128 valence electrons. The van der Waals surface area contributed by atoms with E-state index in [-0.39, 0.29) is 11.4 Å². The van der Waals surface area contributed by atoms with E-state index in [1.807, 2.05) is 31.0 Å². The number of halogens is 1. The minimum absolute atomic E-state index is 0.0169. The molecule has 3 rings (SSSR count). The lowest BCUT2D eigenvalue weighted by atomic mass is 10.2. The Bertz CT molecular complexity index is 883. The molecule has 0 aliphatic carbocycles. The average molecular weight is 349 g/mol. The van der Waals surface area contributed by atoms with Crippen molar-refractivity contribution in [2.45, 2.75) is 25.3 Å². The summed E-state index contributed by atoms with van der Waals surface area (Å²) in [6.07, 6.45) is 0. The van der Waals surface area contributed by atoms with Crippen LogP contribution < -0.4 is 4.90 Å². The first-order valence-corrected chi connectivity index (χ1v) is 9.17. The van der Waals surface area contributed by atoms with Gasteiger partial charge in [0.05, 0.1) is 4.90 Å². The van der Waals surface area contributed by atoms with Gasteiger partial charge in [0.15, 0.2) is 0 Å². The Morgan fingerprint density at radius 2 is 1.88 bits per heavy atom. The Labute approximate surface area is 141 Å². The van der Waals surface area contributed by atoms with Gasteiger partial charge in [0, 0.05) is 37.9 Å². The lowest BCUT2D eigenvalue weighted by Gasteiger charge is -2.20. The van der Waals surface area contributed by atoms with E-state index in [1.54, 1.807) is 6.92 Å². The number of hydrogen-bond donors (Lipinski definition) is 0. The summed E-state index contributed by atoms with van der Waals surface area (Å²) in [5, 5.41) is 0. The number of hydrogen-bond acceptors (Lipinski definition) is 4. The van der Waals surface area contributed by atoms with Crippen LogP contribution in [0.15, 0.2) is 35.2 Å². The van der Waals surface area contributed by atoms with Gasteiger partial charge in [0.2, 0.25) is 10.0 Å². The zero-order valence-corrected chi connectivity index (χ0v) is 14.8. The highest BCUT2D eigenvalue weighted by Gasteiger charge is 2.29. The van der Waals surface area contributed by atoms with E-state index < -0.39 is 15.8 Å². The molecule has 0 spiro atoms. The van der Waals surface area contributed by atoms with E-state index in [0.717, 1.165) is 23.1 Å². The van der Waals surface area contributed by atoms with Gasteiger partial charge >= 0.3 is 0 Å². The molecule has 0 bridgehead atoms. The van der Waals surface area contributed by atoms with Gasteiger partial charge in [-0.05, 0) is 37.6 Å². The van der Waals surface area contributed by atoms with Gasteiger partial charge in [0.25, 0.3) is 0 Å². The summed E-state index contributed by atoms with van der Waals surface area (Å²) in [5.41, 5.74) is 2.16. The lowest BCUT2D eigenvalue weighted by molar-refractivity contribution is 0.419. The number of pyridine rings is 1. The molecular weight excluding hydrogens is 329 g/mol. The van der Waals surface area contributed by atoms with Crippen LogP contribution >= 0.6 is 0 Å². The molecule has 7 heteroatoms. The fourth-order valence-corrected chi connectivity index (χ4v) is 4.17. The van der Waals surface area contributed by atoms with Crippen LogP contribution in [0.3, 0.4) is 0 Å². The van der Waals surface area contributed by atoms with E-state index in [9.17, 15) is 12.8 Å². The third kappa shape index (κ3) is 3.01. The second kappa shape index (κ2) is 6.14. The van der Waals surface area contributed by atoms with Crippen LogP contribution in [0.4, 0.5) is 10.2 Å². The summed E-state index contributed by atoms with van der Waals surface area (Å²) in [7, 11) is -1.87. The Balaban J connectivity index is 2.00. The Morgan fingerprint density at radius 3 is 2.58 bits per heavy atom. The quantitative estimate of drug-likeness (QED) is 0.836. The first-order valence-electron chi connectivity index (χ1n) is 7.73. The highest BCUT2D eigenvalue weighted by atomic mass is 32.2. The maximum absolute atomic E-state index is 13.8. The first kappa shape index (κ1) is 16.9. The van der Waals surface area contributed by atoms with Crippen molar-refractivity contribution in [3.05, 3.63) is 53.0 Å². The number of aryl methyl sites for hydroxylation is 2. The zero-order chi connectivity index (χ0) is 17.5. The Hall–Kier alpha value is -1.99. The van der Waals surface area contributed by atoms with Crippen molar-refractivity contribution in [1.82, 2.24) is 9.29 Å². The second-order valence-corrected chi connectivity index (χ2v) is 8.04. The van der Waals surface area contributed by atoms with Gasteiger partial charge in [-0.15, -0.1) is 0 Å². The largest absolute Gasteiger partial charge is 0.358 e. The number of rotatable bonds is 2. The number of fused-ring (bicyclic) bond motifs is 1. The predicted molar refractivity (Wildman–Crippen MR) is 91.0 cm³/mol. The molecular formula is C17H20FN3O2S. The lowest BCUT2D eigenvalue weighted by Crippen LogP contribution is -2.34. The molecule has 1 aliphatic heterocycles. The average Bonchev–Trinajstić information content (AvgIpc) is 2.70. The summed E-state index contributed by atoms with van der Waals surface area (Å²) in [6.45, 7) is 4.59. The minimum Gasteiger partial charge on any atom is -0.358 e. The van der Waals surface area contributed by atoms with E-state index in [2.05, 4.69) is 4.98 Å². The number of nitrogens with zero attached hydrogens (tertiary/aromatic N) is 3. The Kier molecular flexibility index (Phi) is 4.31. The molecule has 1 aliphatic rings. The topological polar surface area (TPSA) is 53.5 Å². The fourth-order valence-electron chi connectivity index (χ4n) is 2.75. The van der Waals surface area contributed by atoms with Crippen molar-refractivity contribution in [2.75, 3.05) is 25.0 Å². The van der Waals surface area contributed by atoms with Crippen LogP contribution in [0.25, 0.3) is 0 Å². The van der Waals surface area contributed by atoms with Crippen molar-refractivity contribution >= 4 is 15.8 Å². The maximum Gasteiger partial charge on any atom is 0.243 e. The summed E-state index contributed by atoms with van der Waals surface area (Å²) in [5.74, 6) is 0.281. The van der Waals surface area contributed by atoms with Crippen LogP contribution in [-0.4, -0.2) is 37.8 Å². The molecule has 1 aromatic heterocycles. The molecule has 0 saturated carbocycles. The number of likely N-dealkylation sites (N-methyl/N-ethyl adjacent to an activating group) is 1. The number of aromatic nitrogens is 1. The molecule has 0 atom stereocenters. The second-order valence-electron chi connectivity index (χ2n) is 6.11. The molecule has 2 heterocycles. The smallest absolute Gasteiger partial charge is 0.243 e. The predicted octanol–water partition coefficient (Wildman–Crippen LogP) is 2.48. The maximum atomic E-state index is 13.8. The van der Waals surface area contributed by atoms with Crippen molar-refractivity contribution < 1.29 is 12.8 Å². The van der Waals surface area contributed by atoms with Crippen molar-refractivity contribution in [3.63, 3.8) is 0 Å². The van der Waals surface area contributed by atoms with E-state index in [4.69, 9.17) is 0 Å². The molecule has 0 fully saturated rings. The van der Waals surface area contributed by atoms with Crippen LogP contribution in [0.5, 0.6) is 0 Å². The van der Waals surface area contributed by atoms with Crippen LogP contribution in [0, 0.1) is 19.7 Å². The molecule has 1 aromatic carbocycles. The van der Waals surface area contributed by atoms with Gasteiger partial charge < -0.3 is 4.90 Å². The highest BCUT2D eigenvalue weighted by molar-refractivity contribution is 7.89. The third-order valence-electron chi connectivity index (χ3n) is 4.27. The normalized spacial score (nSPS) is 15.9.